The molecule has 36 heavy (non-hydrogen) atoms. The summed E-state index contributed by atoms with van der Waals surface area (Å²) in [7, 11) is 0. The summed E-state index contributed by atoms with van der Waals surface area (Å²) >= 11 is 1.67. The number of thiophene rings is 1. The third-order valence-corrected chi connectivity index (χ3v) is 6.97. The maximum atomic E-state index is 6.22. The molecule has 0 aliphatic carbocycles. The second-order valence-electron chi connectivity index (χ2n) is 8.87. The number of hydrogen-bond donors (Lipinski definition) is 3. The maximum absolute atomic E-state index is 6.22. The standard InChI is InChI=1S/C28H29N7S/c1-4-35-16-32-27(28-33-23-15-31-14-22(26(23)34-28)25-6-5-9-36-25)21-12-18(7-8-24(21)35)19(13-29)11-20(30)10-17(2)3/h5-15H,4,16,29-30H2,1-3H3,(H,33,34)/b19-13+,20-11+. The van der Waals surface area contributed by atoms with Crippen molar-refractivity contribution in [2.24, 2.45) is 16.5 Å². The minimum Gasteiger partial charge on any atom is -0.404 e. The van der Waals surface area contributed by atoms with Crippen LogP contribution in [-0.2, 0) is 0 Å². The summed E-state index contributed by atoms with van der Waals surface area (Å²) in [4.78, 5) is 21.2. The van der Waals surface area contributed by atoms with Crippen molar-refractivity contribution in [1.29, 1.82) is 0 Å². The van der Waals surface area contributed by atoms with Crippen molar-refractivity contribution in [2.75, 3.05) is 18.1 Å². The molecule has 0 bridgehead atoms. The molecule has 1 aliphatic heterocycles. The van der Waals surface area contributed by atoms with E-state index in [4.69, 9.17) is 21.4 Å². The van der Waals surface area contributed by atoms with E-state index in [-0.39, 0.29) is 0 Å². The van der Waals surface area contributed by atoms with Crippen molar-refractivity contribution in [3.63, 3.8) is 0 Å². The van der Waals surface area contributed by atoms with Gasteiger partial charge in [0.25, 0.3) is 0 Å². The molecule has 7 nitrogen and oxygen atoms in total. The molecule has 3 aromatic heterocycles. The van der Waals surface area contributed by atoms with Gasteiger partial charge >= 0.3 is 0 Å². The number of fused-ring (bicyclic) bond motifs is 2. The van der Waals surface area contributed by atoms with Gasteiger partial charge in [0.2, 0.25) is 0 Å². The monoisotopic (exact) mass is 495 g/mol. The molecule has 0 radical (unpaired) electrons. The third kappa shape index (κ3) is 4.43. The Bertz CT molecular complexity index is 1530. The summed E-state index contributed by atoms with van der Waals surface area (Å²) < 4.78 is 0. The molecular formula is C28H29N7S. The molecule has 0 fully saturated rings. The third-order valence-electron chi connectivity index (χ3n) is 6.07. The number of benzene rings is 1. The number of aromatic nitrogens is 3. The summed E-state index contributed by atoms with van der Waals surface area (Å²) in [5.41, 5.74) is 21.5. The molecule has 5 N–H and O–H groups in total. The molecule has 0 unspecified atom stereocenters. The highest BCUT2D eigenvalue weighted by Crippen LogP contribution is 2.33. The van der Waals surface area contributed by atoms with Gasteiger partial charge in [0, 0.05) is 46.3 Å². The molecule has 1 aliphatic rings. The Morgan fingerprint density at radius 2 is 2.03 bits per heavy atom. The van der Waals surface area contributed by atoms with Crippen LogP contribution < -0.4 is 16.4 Å². The van der Waals surface area contributed by atoms with E-state index in [1.165, 1.54) is 0 Å². The number of anilines is 1. The van der Waals surface area contributed by atoms with E-state index >= 15 is 0 Å². The van der Waals surface area contributed by atoms with Crippen LogP contribution in [0.15, 0.2) is 82.7 Å². The molecule has 0 amide bonds. The van der Waals surface area contributed by atoms with E-state index in [0.29, 0.717) is 12.4 Å². The van der Waals surface area contributed by atoms with Gasteiger partial charge in [0.05, 0.1) is 11.7 Å². The Hall–Kier alpha value is -4.17. The zero-order valence-corrected chi connectivity index (χ0v) is 21.4. The molecular weight excluding hydrogens is 466 g/mol. The number of nitrogens with one attached hydrogen (secondary N) is 1. The first-order chi connectivity index (χ1) is 17.5. The van der Waals surface area contributed by atoms with E-state index in [1.807, 2.05) is 44.5 Å². The summed E-state index contributed by atoms with van der Waals surface area (Å²) in [6.07, 6.45) is 9.10. The Labute approximate surface area is 214 Å². The van der Waals surface area contributed by atoms with Gasteiger partial charge in [0.15, 0.2) is 5.82 Å². The number of rotatable bonds is 6. The minimum atomic E-state index is 0.568. The molecule has 4 aromatic rings. The predicted octanol–water partition coefficient (Wildman–Crippen LogP) is 5.43. The summed E-state index contributed by atoms with van der Waals surface area (Å²) in [6.45, 7) is 7.58. The lowest BCUT2D eigenvalue weighted by atomic mass is 9.97. The smallest absolute Gasteiger partial charge is 0.157 e. The van der Waals surface area contributed by atoms with Crippen LogP contribution in [0.1, 0.15) is 37.7 Å². The van der Waals surface area contributed by atoms with Gasteiger partial charge in [-0.3, -0.25) is 9.98 Å². The quantitative estimate of drug-likeness (QED) is 0.309. The number of aliphatic imine (C=N–C) groups is 1. The van der Waals surface area contributed by atoms with Gasteiger partial charge in [-0.2, -0.15) is 0 Å². The van der Waals surface area contributed by atoms with Crippen molar-refractivity contribution in [3.05, 3.63) is 94.7 Å². The Morgan fingerprint density at radius 3 is 2.75 bits per heavy atom. The van der Waals surface area contributed by atoms with Crippen molar-refractivity contribution in [1.82, 2.24) is 15.0 Å². The van der Waals surface area contributed by atoms with Crippen molar-refractivity contribution in [2.45, 2.75) is 20.8 Å². The highest BCUT2D eigenvalue weighted by Gasteiger charge is 2.24. The van der Waals surface area contributed by atoms with Gasteiger partial charge in [-0.15, -0.1) is 11.3 Å². The van der Waals surface area contributed by atoms with E-state index < -0.39 is 0 Å². The summed E-state index contributed by atoms with van der Waals surface area (Å²) in [5, 5.41) is 2.06. The van der Waals surface area contributed by atoms with Gasteiger partial charge in [-0.25, -0.2) is 4.98 Å². The summed E-state index contributed by atoms with van der Waals surface area (Å²) in [6, 6.07) is 10.4. The van der Waals surface area contributed by atoms with Crippen LogP contribution in [-0.4, -0.2) is 33.9 Å². The normalized spacial score (nSPS) is 14.1. The first-order valence-electron chi connectivity index (χ1n) is 11.8. The highest BCUT2D eigenvalue weighted by atomic mass is 32.1. The Balaban J connectivity index is 1.62. The minimum absolute atomic E-state index is 0.568. The van der Waals surface area contributed by atoms with Gasteiger partial charge < -0.3 is 21.4 Å². The topological polar surface area (TPSA) is 109 Å². The lowest BCUT2D eigenvalue weighted by Crippen LogP contribution is -2.30. The number of imidazole rings is 1. The van der Waals surface area contributed by atoms with Crippen LogP contribution in [0.4, 0.5) is 5.69 Å². The average molecular weight is 496 g/mol. The summed E-state index contributed by atoms with van der Waals surface area (Å²) in [5.74, 6) is 0.725. The lowest BCUT2D eigenvalue weighted by Gasteiger charge is -2.29. The van der Waals surface area contributed by atoms with Crippen LogP contribution in [0.3, 0.4) is 0 Å². The molecule has 4 heterocycles. The maximum Gasteiger partial charge on any atom is 0.157 e. The fourth-order valence-electron chi connectivity index (χ4n) is 4.41. The SMILES string of the molecule is CCN1CN=C(c2nc3c(-c4cccs4)cncc3[nH]2)c2cc(C(/C=C(/N)C=C(C)C)=C/N)ccc21. The second kappa shape index (κ2) is 9.83. The number of allylic oxidation sites excluding steroid dienone is 4. The van der Waals surface area contributed by atoms with E-state index in [1.54, 1.807) is 17.5 Å². The molecule has 0 spiro atoms. The number of hydrogen-bond acceptors (Lipinski definition) is 7. The highest BCUT2D eigenvalue weighted by molar-refractivity contribution is 7.13. The first kappa shape index (κ1) is 23.6. The van der Waals surface area contributed by atoms with Gasteiger partial charge in [-0.1, -0.05) is 17.7 Å². The van der Waals surface area contributed by atoms with Gasteiger partial charge in [-0.05, 0) is 67.6 Å². The van der Waals surface area contributed by atoms with E-state index in [9.17, 15) is 0 Å². The number of H-pyrrole nitrogens is 1. The number of nitrogens with two attached hydrogens (primary N) is 2. The largest absolute Gasteiger partial charge is 0.404 e. The van der Waals surface area contributed by atoms with Crippen LogP contribution in [0.25, 0.3) is 27.0 Å². The predicted molar refractivity (Wildman–Crippen MR) is 151 cm³/mol. The first-order valence-corrected chi connectivity index (χ1v) is 12.7. The average Bonchev–Trinajstić information content (AvgIpc) is 3.56. The number of pyridine rings is 1. The van der Waals surface area contributed by atoms with Crippen LogP contribution in [0, 0.1) is 0 Å². The molecule has 0 saturated carbocycles. The zero-order chi connectivity index (χ0) is 25.2. The molecule has 0 saturated heterocycles. The van der Waals surface area contributed by atoms with E-state index in [2.05, 4.69) is 51.4 Å². The second-order valence-corrected chi connectivity index (χ2v) is 9.82. The van der Waals surface area contributed by atoms with Crippen LogP contribution in [0.2, 0.25) is 0 Å². The van der Waals surface area contributed by atoms with Gasteiger partial charge in [0.1, 0.15) is 17.9 Å². The Morgan fingerprint density at radius 1 is 1.17 bits per heavy atom. The molecule has 8 heteroatoms. The number of nitrogens with zero attached hydrogens (tertiary/aromatic N) is 4. The van der Waals surface area contributed by atoms with Crippen LogP contribution >= 0.6 is 11.3 Å². The van der Waals surface area contributed by atoms with Crippen LogP contribution in [0.5, 0.6) is 0 Å². The fraction of sp³-hybridized carbons (Fsp3) is 0.179. The molecule has 1 aromatic carbocycles. The zero-order valence-electron chi connectivity index (χ0n) is 20.6. The Kier molecular flexibility index (Phi) is 6.43. The van der Waals surface area contributed by atoms with Crippen molar-refractivity contribution < 1.29 is 0 Å². The lowest BCUT2D eigenvalue weighted by molar-refractivity contribution is 0.831. The molecule has 5 rings (SSSR count). The molecule has 182 valence electrons. The van der Waals surface area contributed by atoms with Crippen molar-refractivity contribution >= 4 is 39.3 Å². The number of aromatic amines is 1. The van der Waals surface area contributed by atoms with Crippen molar-refractivity contribution in [3.8, 4) is 10.4 Å². The van der Waals surface area contributed by atoms with E-state index in [0.717, 1.165) is 67.5 Å². The fourth-order valence-corrected chi connectivity index (χ4v) is 5.15. The molecule has 0 atom stereocenters.